The van der Waals surface area contributed by atoms with Gasteiger partial charge < -0.3 is 5.32 Å². The van der Waals surface area contributed by atoms with Crippen molar-refractivity contribution in [1.29, 1.82) is 0 Å². The summed E-state index contributed by atoms with van der Waals surface area (Å²) in [4.78, 5) is 0. The van der Waals surface area contributed by atoms with Gasteiger partial charge in [-0.2, -0.15) is 0 Å². The van der Waals surface area contributed by atoms with Crippen LogP contribution < -0.4 is 5.32 Å². The molecule has 0 aliphatic heterocycles. The lowest BCUT2D eigenvalue weighted by Crippen LogP contribution is -2.31. The summed E-state index contributed by atoms with van der Waals surface area (Å²) >= 11 is 0. The Hall–Kier alpha value is -0.0400. The minimum atomic E-state index is 0.699. The third-order valence-electron chi connectivity index (χ3n) is 3.72. The van der Waals surface area contributed by atoms with Crippen LogP contribution >= 0.6 is 0 Å². The van der Waals surface area contributed by atoms with Crippen LogP contribution in [0.5, 0.6) is 0 Å². The van der Waals surface area contributed by atoms with E-state index in [9.17, 15) is 0 Å². The molecule has 0 saturated carbocycles. The average molecular weight is 241 g/mol. The normalized spacial score (nSPS) is 15.2. The van der Waals surface area contributed by atoms with Gasteiger partial charge >= 0.3 is 0 Å². The van der Waals surface area contributed by atoms with E-state index in [1.165, 1.54) is 51.5 Å². The van der Waals surface area contributed by atoms with Gasteiger partial charge in [-0.25, -0.2) is 0 Å². The smallest absolute Gasteiger partial charge is 0.00388 e. The number of hydrogen-bond donors (Lipinski definition) is 1. The third kappa shape index (κ3) is 10.8. The van der Waals surface area contributed by atoms with E-state index in [1.807, 2.05) is 0 Å². The molecule has 0 rings (SSSR count). The van der Waals surface area contributed by atoms with E-state index in [2.05, 4.69) is 39.9 Å². The highest BCUT2D eigenvalue weighted by Crippen LogP contribution is 2.13. The molecule has 0 aliphatic rings. The molecule has 0 amide bonds. The van der Waals surface area contributed by atoms with Gasteiger partial charge in [0.1, 0.15) is 0 Å². The van der Waals surface area contributed by atoms with Crippen molar-refractivity contribution in [3.8, 4) is 0 Å². The summed E-state index contributed by atoms with van der Waals surface area (Å²) in [7, 11) is 0. The van der Waals surface area contributed by atoms with Crippen molar-refractivity contribution in [1.82, 2.24) is 5.32 Å². The van der Waals surface area contributed by atoms with Gasteiger partial charge in [0.05, 0.1) is 0 Å². The van der Waals surface area contributed by atoms with E-state index in [1.54, 1.807) is 0 Å². The van der Waals surface area contributed by atoms with E-state index in [4.69, 9.17) is 0 Å². The van der Waals surface area contributed by atoms with E-state index in [0.717, 1.165) is 11.8 Å². The Morgan fingerprint density at radius 2 is 1.59 bits per heavy atom. The second-order valence-electron chi connectivity index (χ2n) is 6.05. The number of hydrogen-bond acceptors (Lipinski definition) is 1. The molecule has 0 bridgehead atoms. The molecule has 0 radical (unpaired) electrons. The Bertz CT molecular complexity index is 154. The van der Waals surface area contributed by atoms with Gasteiger partial charge in [-0.15, -0.1) is 0 Å². The molecular formula is C16H35N. The second-order valence-corrected chi connectivity index (χ2v) is 6.05. The van der Waals surface area contributed by atoms with E-state index in [-0.39, 0.29) is 0 Å². The molecule has 0 aromatic rings. The maximum atomic E-state index is 3.72. The quantitative estimate of drug-likeness (QED) is 0.536. The van der Waals surface area contributed by atoms with Crippen LogP contribution in [-0.4, -0.2) is 12.6 Å². The topological polar surface area (TPSA) is 12.0 Å². The van der Waals surface area contributed by atoms with E-state index < -0.39 is 0 Å². The Morgan fingerprint density at radius 1 is 0.882 bits per heavy atom. The SMILES string of the molecule is CCCCC(CC)CNC(C)CCCC(C)C. The van der Waals surface area contributed by atoms with Gasteiger partial charge in [0.2, 0.25) is 0 Å². The fourth-order valence-electron chi connectivity index (χ4n) is 2.25. The lowest BCUT2D eigenvalue weighted by Gasteiger charge is -2.20. The highest BCUT2D eigenvalue weighted by molar-refractivity contribution is 4.66. The van der Waals surface area contributed by atoms with Gasteiger partial charge in [-0.1, -0.05) is 59.8 Å². The van der Waals surface area contributed by atoms with Gasteiger partial charge in [0.15, 0.2) is 0 Å². The molecule has 104 valence electrons. The first-order valence-electron chi connectivity index (χ1n) is 7.83. The fourth-order valence-corrected chi connectivity index (χ4v) is 2.25. The van der Waals surface area contributed by atoms with Crippen LogP contribution in [0, 0.1) is 11.8 Å². The Morgan fingerprint density at radius 3 is 2.12 bits per heavy atom. The highest BCUT2D eigenvalue weighted by Gasteiger charge is 2.08. The van der Waals surface area contributed by atoms with Crippen LogP contribution in [-0.2, 0) is 0 Å². The molecule has 0 aliphatic carbocycles. The third-order valence-corrected chi connectivity index (χ3v) is 3.72. The molecular weight excluding hydrogens is 206 g/mol. The van der Waals surface area contributed by atoms with Crippen LogP contribution in [0.15, 0.2) is 0 Å². The molecule has 2 atom stereocenters. The average Bonchev–Trinajstić information content (AvgIpc) is 2.29. The molecule has 1 heteroatoms. The van der Waals surface area contributed by atoms with E-state index >= 15 is 0 Å². The van der Waals surface area contributed by atoms with Gasteiger partial charge in [-0.3, -0.25) is 0 Å². The Kier molecular flexibility index (Phi) is 11.0. The standard InChI is InChI=1S/C16H35N/c1-6-8-12-16(7-2)13-17-15(5)11-9-10-14(3)4/h14-17H,6-13H2,1-5H3. The Labute approximate surface area is 110 Å². The second kappa shape index (κ2) is 11.1. The van der Waals surface area contributed by atoms with Crippen molar-refractivity contribution >= 4 is 0 Å². The molecule has 0 heterocycles. The summed E-state index contributed by atoms with van der Waals surface area (Å²) in [6.45, 7) is 12.8. The molecule has 0 saturated heterocycles. The van der Waals surface area contributed by atoms with Crippen LogP contribution in [0.4, 0.5) is 0 Å². The molecule has 0 fully saturated rings. The first kappa shape index (κ1) is 17.0. The molecule has 1 N–H and O–H groups in total. The summed E-state index contributed by atoms with van der Waals surface area (Å²) in [6, 6.07) is 0.699. The number of nitrogens with one attached hydrogen (secondary N) is 1. The van der Waals surface area contributed by atoms with Crippen molar-refractivity contribution in [2.75, 3.05) is 6.54 Å². The van der Waals surface area contributed by atoms with Crippen molar-refractivity contribution in [3.05, 3.63) is 0 Å². The van der Waals surface area contributed by atoms with E-state index in [0.29, 0.717) is 6.04 Å². The number of unbranched alkanes of at least 4 members (excludes halogenated alkanes) is 1. The van der Waals surface area contributed by atoms with Crippen LogP contribution in [0.2, 0.25) is 0 Å². The lowest BCUT2D eigenvalue weighted by atomic mass is 9.98. The zero-order valence-corrected chi connectivity index (χ0v) is 12.9. The maximum absolute atomic E-state index is 3.72. The summed E-state index contributed by atoms with van der Waals surface area (Å²) < 4.78 is 0. The largest absolute Gasteiger partial charge is 0.314 e. The lowest BCUT2D eigenvalue weighted by molar-refractivity contribution is 0.378. The molecule has 0 spiro atoms. The molecule has 0 aromatic carbocycles. The molecule has 2 unspecified atom stereocenters. The van der Waals surface area contributed by atoms with Gasteiger partial charge in [0, 0.05) is 6.04 Å². The summed E-state index contributed by atoms with van der Waals surface area (Å²) in [6.07, 6.45) is 9.53. The fraction of sp³-hybridized carbons (Fsp3) is 1.00. The summed E-state index contributed by atoms with van der Waals surface area (Å²) in [5.74, 6) is 1.75. The summed E-state index contributed by atoms with van der Waals surface area (Å²) in [5, 5.41) is 3.72. The predicted molar refractivity (Wildman–Crippen MR) is 79.5 cm³/mol. The van der Waals surface area contributed by atoms with Crippen molar-refractivity contribution < 1.29 is 0 Å². The zero-order valence-electron chi connectivity index (χ0n) is 12.9. The highest BCUT2D eigenvalue weighted by atomic mass is 14.9. The predicted octanol–water partition coefficient (Wildman–Crippen LogP) is 5.01. The first-order valence-corrected chi connectivity index (χ1v) is 7.83. The van der Waals surface area contributed by atoms with Crippen molar-refractivity contribution in [2.24, 2.45) is 11.8 Å². The minimum Gasteiger partial charge on any atom is -0.314 e. The minimum absolute atomic E-state index is 0.699. The maximum Gasteiger partial charge on any atom is 0.00388 e. The van der Waals surface area contributed by atoms with Gasteiger partial charge in [0.25, 0.3) is 0 Å². The van der Waals surface area contributed by atoms with Gasteiger partial charge in [-0.05, 0) is 38.1 Å². The number of rotatable bonds is 11. The van der Waals surface area contributed by atoms with Crippen LogP contribution in [0.1, 0.15) is 79.6 Å². The van der Waals surface area contributed by atoms with Crippen molar-refractivity contribution in [2.45, 2.75) is 85.6 Å². The van der Waals surface area contributed by atoms with Crippen LogP contribution in [0.25, 0.3) is 0 Å². The molecule has 17 heavy (non-hydrogen) atoms. The molecule has 0 aromatic heterocycles. The summed E-state index contributed by atoms with van der Waals surface area (Å²) in [5.41, 5.74) is 0. The zero-order chi connectivity index (χ0) is 13.1. The monoisotopic (exact) mass is 241 g/mol. The van der Waals surface area contributed by atoms with Crippen molar-refractivity contribution in [3.63, 3.8) is 0 Å². The first-order chi connectivity index (χ1) is 8.10. The molecule has 1 nitrogen and oxygen atoms in total. The van der Waals surface area contributed by atoms with Crippen LogP contribution in [0.3, 0.4) is 0 Å². The Balaban J connectivity index is 3.55.